The van der Waals surface area contributed by atoms with Crippen LogP contribution in [0.25, 0.3) is 0 Å². The summed E-state index contributed by atoms with van der Waals surface area (Å²) in [6, 6.07) is 10.4. The molecule has 6 nitrogen and oxygen atoms in total. The van der Waals surface area contributed by atoms with Gasteiger partial charge in [-0.15, -0.1) is 24.0 Å². The van der Waals surface area contributed by atoms with E-state index in [2.05, 4.69) is 29.5 Å². The maximum atomic E-state index is 13.2. The third kappa shape index (κ3) is 6.65. The molecule has 8 heteroatoms. The van der Waals surface area contributed by atoms with E-state index < -0.39 is 0 Å². The summed E-state index contributed by atoms with van der Waals surface area (Å²) in [5.41, 5.74) is 1.81. The molecule has 0 heterocycles. The van der Waals surface area contributed by atoms with Crippen LogP contribution in [0.1, 0.15) is 25.0 Å². The predicted octanol–water partition coefficient (Wildman–Crippen LogP) is 4.11. The van der Waals surface area contributed by atoms with Crippen LogP contribution in [-0.2, 0) is 12.0 Å². The molecule has 0 fully saturated rings. The van der Waals surface area contributed by atoms with E-state index in [0.717, 1.165) is 11.1 Å². The first-order valence-electron chi connectivity index (χ1n) is 9.34. The lowest BCUT2D eigenvalue weighted by Crippen LogP contribution is -2.43. The Labute approximate surface area is 195 Å². The molecule has 30 heavy (non-hydrogen) atoms. The van der Waals surface area contributed by atoms with Crippen molar-refractivity contribution in [1.29, 1.82) is 0 Å². The summed E-state index contributed by atoms with van der Waals surface area (Å²) in [6.45, 7) is 5.35. The second-order valence-electron chi connectivity index (χ2n) is 7.20. The van der Waals surface area contributed by atoms with Gasteiger partial charge in [0.25, 0.3) is 0 Å². The first kappa shape index (κ1) is 25.8. The molecule has 0 saturated carbocycles. The van der Waals surface area contributed by atoms with Crippen LogP contribution in [0.4, 0.5) is 4.39 Å². The smallest absolute Gasteiger partial charge is 0.203 e. The third-order valence-corrected chi connectivity index (χ3v) is 4.73. The third-order valence-electron chi connectivity index (χ3n) is 4.73. The number of nitrogens with zero attached hydrogens (tertiary/aromatic N) is 1. The minimum Gasteiger partial charge on any atom is -0.493 e. The van der Waals surface area contributed by atoms with Crippen molar-refractivity contribution >= 4 is 29.9 Å². The Hall–Kier alpha value is -2.23. The second-order valence-corrected chi connectivity index (χ2v) is 7.20. The number of rotatable bonds is 8. The molecule has 0 saturated heterocycles. The molecule has 0 aliphatic heterocycles. The van der Waals surface area contributed by atoms with Crippen molar-refractivity contribution in [3.8, 4) is 17.2 Å². The topological polar surface area (TPSA) is 64.1 Å². The number of halogens is 2. The first-order valence-corrected chi connectivity index (χ1v) is 9.34. The van der Waals surface area contributed by atoms with Gasteiger partial charge in [-0.2, -0.15) is 0 Å². The van der Waals surface area contributed by atoms with E-state index in [9.17, 15) is 4.39 Å². The highest BCUT2D eigenvalue weighted by atomic mass is 127. The molecule has 0 unspecified atom stereocenters. The molecule has 2 rings (SSSR count). The molecule has 0 atom stereocenters. The Balaban J connectivity index is 0.00000450. The molecule has 0 radical (unpaired) electrons. The van der Waals surface area contributed by atoms with Gasteiger partial charge >= 0.3 is 0 Å². The molecule has 0 amide bonds. The number of ether oxygens (including phenoxy) is 3. The van der Waals surface area contributed by atoms with Crippen molar-refractivity contribution in [3.05, 3.63) is 53.3 Å². The SMILES string of the molecule is CN=C(NCc1cc(OC)c(OC)c(OC)c1)NCC(C)(C)c1ccc(F)cc1.I. The van der Waals surface area contributed by atoms with E-state index in [1.54, 1.807) is 28.4 Å². The van der Waals surface area contributed by atoms with Gasteiger partial charge in [-0.3, -0.25) is 4.99 Å². The highest BCUT2D eigenvalue weighted by molar-refractivity contribution is 14.0. The minimum atomic E-state index is -0.236. The summed E-state index contributed by atoms with van der Waals surface area (Å²) in [6.07, 6.45) is 0. The lowest BCUT2D eigenvalue weighted by molar-refractivity contribution is 0.323. The Morgan fingerprint density at radius 1 is 0.967 bits per heavy atom. The van der Waals surface area contributed by atoms with Crippen molar-refractivity contribution in [3.63, 3.8) is 0 Å². The quantitative estimate of drug-likeness (QED) is 0.305. The van der Waals surface area contributed by atoms with Crippen LogP contribution in [0.2, 0.25) is 0 Å². The van der Waals surface area contributed by atoms with Crippen molar-refractivity contribution in [2.24, 2.45) is 4.99 Å². The molecule has 0 aromatic heterocycles. The fourth-order valence-electron chi connectivity index (χ4n) is 2.95. The summed E-state index contributed by atoms with van der Waals surface area (Å²) >= 11 is 0. The van der Waals surface area contributed by atoms with Crippen LogP contribution in [0.5, 0.6) is 17.2 Å². The van der Waals surface area contributed by atoms with E-state index in [0.29, 0.717) is 36.3 Å². The zero-order valence-electron chi connectivity index (χ0n) is 18.3. The van der Waals surface area contributed by atoms with E-state index in [1.165, 1.54) is 12.1 Å². The van der Waals surface area contributed by atoms with Crippen LogP contribution in [0, 0.1) is 5.82 Å². The van der Waals surface area contributed by atoms with Crippen molar-refractivity contribution < 1.29 is 18.6 Å². The number of nitrogens with one attached hydrogen (secondary N) is 2. The van der Waals surface area contributed by atoms with Gasteiger partial charge in [-0.05, 0) is 35.4 Å². The zero-order chi connectivity index (χ0) is 21.4. The highest BCUT2D eigenvalue weighted by Crippen LogP contribution is 2.38. The second kappa shape index (κ2) is 11.8. The molecule has 0 aliphatic carbocycles. The van der Waals surface area contributed by atoms with Gasteiger partial charge in [0.1, 0.15) is 5.82 Å². The number of hydrogen-bond acceptors (Lipinski definition) is 4. The van der Waals surface area contributed by atoms with Gasteiger partial charge in [0.05, 0.1) is 21.3 Å². The fraction of sp³-hybridized carbons (Fsp3) is 0.409. The number of guanidine groups is 1. The Kier molecular flexibility index (Phi) is 10.2. The van der Waals surface area contributed by atoms with Gasteiger partial charge in [-0.1, -0.05) is 26.0 Å². The van der Waals surface area contributed by atoms with Crippen molar-refractivity contribution in [2.75, 3.05) is 34.9 Å². The van der Waals surface area contributed by atoms with Crippen LogP contribution in [0.15, 0.2) is 41.4 Å². The maximum absolute atomic E-state index is 13.2. The Bertz CT molecular complexity index is 817. The summed E-state index contributed by atoms with van der Waals surface area (Å²) in [4.78, 5) is 4.28. The van der Waals surface area contributed by atoms with Crippen LogP contribution in [-0.4, -0.2) is 40.9 Å². The average Bonchev–Trinajstić information content (AvgIpc) is 2.73. The first-order chi connectivity index (χ1) is 13.8. The summed E-state index contributed by atoms with van der Waals surface area (Å²) in [7, 11) is 6.47. The highest BCUT2D eigenvalue weighted by Gasteiger charge is 2.21. The normalized spacial score (nSPS) is 11.4. The molecule has 2 aromatic carbocycles. The van der Waals surface area contributed by atoms with Gasteiger partial charge in [0.2, 0.25) is 5.75 Å². The molecular formula is C22H31FIN3O3. The standard InChI is InChI=1S/C22H30FN3O3.HI/c1-22(2,16-7-9-17(23)10-8-16)14-26-21(24-3)25-13-15-11-18(27-4)20(29-6)19(12-15)28-5;/h7-12H,13-14H2,1-6H3,(H2,24,25,26);1H. The lowest BCUT2D eigenvalue weighted by atomic mass is 9.84. The predicted molar refractivity (Wildman–Crippen MR) is 129 cm³/mol. The number of benzene rings is 2. The van der Waals surface area contributed by atoms with Gasteiger partial charge in [-0.25, -0.2) is 4.39 Å². The fourth-order valence-corrected chi connectivity index (χ4v) is 2.95. The molecule has 2 aromatic rings. The molecular weight excluding hydrogens is 500 g/mol. The van der Waals surface area contributed by atoms with Crippen LogP contribution < -0.4 is 24.8 Å². The molecule has 0 spiro atoms. The zero-order valence-corrected chi connectivity index (χ0v) is 20.7. The maximum Gasteiger partial charge on any atom is 0.203 e. The van der Waals surface area contributed by atoms with Gasteiger partial charge in [0, 0.05) is 25.6 Å². The monoisotopic (exact) mass is 531 g/mol. The molecule has 0 aliphatic rings. The van der Waals surface area contributed by atoms with Gasteiger partial charge in [0.15, 0.2) is 17.5 Å². The van der Waals surface area contributed by atoms with E-state index in [-0.39, 0.29) is 35.2 Å². The summed E-state index contributed by atoms with van der Waals surface area (Å²) in [5.74, 6) is 2.18. The Morgan fingerprint density at radius 2 is 1.53 bits per heavy atom. The number of methoxy groups -OCH3 is 3. The Morgan fingerprint density at radius 3 is 2.00 bits per heavy atom. The van der Waals surface area contributed by atoms with Gasteiger partial charge < -0.3 is 24.8 Å². The summed E-state index contributed by atoms with van der Waals surface area (Å²) < 4.78 is 29.3. The van der Waals surface area contributed by atoms with E-state index >= 15 is 0 Å². The molecule has 166 valence electrons. The average molecular weight is 531 g/mol. The minimum absolute atomic E-state index is 0. The largest absolute Gasteiger partial charge is 0.493 e. The van der Waals surface area contributed by atoms with E-state index in [1.807, 2.05) is 24.3 Å². The number of aliphatic imine (C=N–C) groups is 1. The lowest BCUT2D eigenvalue weighted by Gasteiger charge is -2.27. The van der Waals surface area contributed by atoms with Crippen molar-refractivity contribution in [1.82, 2.24) is 10.6 Å². The van der Waals surface area contributed by atoms with Crippen LogP contribution in [0.3, 0.4) is 0 Å². The van der Waals surface area contributed by atoms with Crippen molar-refractivity contribution in [2.45, 2.75) is 25.8 Å². The summed E-state index contributed by atoms with van der Waals surface area (Å²) in [5, 5.41) is 6.62. The number of hydrogen-bond donors (Lipinski definition) is 2. The molecule has 0 bridgehead atoms. The molecule has 2 N–H and O–H groups in total. The van der Waals surface area contributed by atoms with Crippen LogP contribution >= 0.6 is 24.0 Å². The van der Waals surface area contributed by atoms with E-state index in [4.69, 9.17) is 14.2 Å².